The summed E-state index contributed by atoms with van der Waals surface area (Å²) in [7, 11) is 0. The van der Waals surface area contributed by atoms with Crippen LogP contribution in [-0.4, -0.2) is 20.3 Å². The molecule has 0 aliphatic rings. The quantitative estimate of drug-likeness (QED) is 0.788. The number of nitrogens with zero attached hydrogens (tertiary/aromatic N) is 3. The zero-order valence-electron chi connectivity index (χ0n) is 11.5. The van der Waals surface area contributed by atoms with E-state index in [1.165, 1.54) is 11.3 Å². The lowest BCUT2D eigenvalue weighted by Gasteiger charge is -2.03. The van der Waals surface area contributed by atoms with Crippen LogP contribution in [0.3, 0.4) is 0 Å². The van der Waals surface area contributed by atoms with E-state index in [4.69, 9.17) is 0 Å². The Labute approximate surface area is 120 Å². The van der Waals surface area contributed by atoms with Crippen molar-refractivity contribution in [2.24, 2.45) is 0 Å². The van der Waals surface area contributed by atoms with E-state index in [9.17, 15) is 4.79 Å². The number of aryl methyl sites for hydroxylation is 3. The van der Waals surface area contributed by atoms with Crippen molar-refractivity contribution in [2.45, 2.75) is 20.8 Å². The molecule has 0 spiro atoms. The van der Waals surface area contributed by atoms with Gasteiger partial charge in [-0.2, -0.15) is 0 Å². The van der Waals surface area contributed by atoms with Gasteiger partial charge in [-0.05, 0) is 32.9 Å². The lowest BCUT2D eigenvalue weighted by Crippen LogP contribution is -2.13. The molecule has 1 amide bonds. The number of fused-ring (bicyclic) bond motifs is 1. The summed E-state index contributed by atoms with van der Waals surface area (Å²) in [5, 5.41) is 3.46. The number of thiazole rings is 1. The van der Waals surface area contributed by atoms with Gasteiger partial charge >= 0.3 is 0 Å². The van der Waals surface area contributed by atoms with Crippen molar-refractivity contribution in [2.75, 3.05) is 5.32 Å². The summed E-state index contributed by atoms with van der Waals surface area (Å²) >= 11 is 1.48. The van der Waals surface area contributed by atoms with Crippen LogP contribution in [-0.2, 0) is 0 Å². The van der Waals surface area contributed by atoms with Gasteiger partial charge in [0.25, 0.3) is 5.91 Å². The summed E-state index contributed by atoms with van der Waals surface area (Å²) in [6, 6.07) is 3.60. The van der Waals surface area contributed by atoms with E-state index < -0.39 is 0 Å². The maximum absolute atomic E-state index is 12.4. The predicted octanol–water partition coefficient (Wildman–Crippen LogP) is 2.97. The van der Waals surface area contributed by atoms with E-state index in [0.29, 0.717) is 16.3 Å². The third-order valence-corrected chi connectivity index (χ3v) is 4.09. The first-order chi connectivity index (χ1) is 9.54. The smallest absolute Gasteiger partial charge is 0.261 e. The van der Waals surface area contributed by atoms with E-state index in [1.54, 1.807) is 6.07 Å². The van der Waals surface area contributed by atoms with Crippen LogP contribution in [0.2, 0.25) is 0 Å². The molecule has 3 rings (SSSR count). The lowest BCUT2D eigenvalue weighted by atomic mass is 10.2. The first kappa shape index (κ1) is 12.8. The van der Waals surface area contributed by atoms with Crippen LogP contribution in [0.5, 0.6) is 0 Å². The van der Waals surface area contributed by atoms with Crippen LogP contribution in [0, 0.1) is 20.8 Å². The number of carbonyl (C=O) groups is 1. The lowest BCUT2D eigenvalue weighted by molar-refractivity contribution is 0.102. The molecule has 0 aromatic carbocycles. The largest absolute Gasteiger partial charge is 0.306 e. The van der Waals surface area contributed by atoms with Crippen LogP contribution in [0.4, 0.5) is 5.13 Å². The molecule has 0 atom stereocenters. The van der Waals surface area contributed by atoms with E-state index >= 15 is 0 Å². The van der Waals surface area contributed by atoms with Crippen molar-refractivity contribution >= 4 is 28.0 Å². The van der Waals surface area contributed by atoms with E-state index in [0.717, 1.165) is 16.3 Å². The van der Waals surface area contributed by atoms with Crippen LogP contribution < -0.4 is 5.32 Å². The van der Waals surface area contributed by atoms with E-state index in [2.05, 4.69) is 15.3 Å². The van der Waals surface area contributed by atoms with Gasteiger partial charge in [0, 0.05) is 17.3 Å². The monoisotopic (exact) mass is 286 g/mol. The average Bonchev–Trinajstić information content (AvgIpc) is 2.91. The second-order valence-corrected chi connectivity index (χ2v) is 5.85. The minimum Gasteiger partial charge on any atom is -0.306 e. The molecule has 1 N–H and O–H groups in total. The maximum atomic E-state index is 12.4. The number of hydrogen-bond acceptors (Lipinski definition) is 4. The fourth-order valence-corrected chi connectivity index (χ4v) is 2.81. The molecule has 5 nitrogen and oxygen atoms in total. The number of amides is 1. The molecule has 0 radical (unpaired) electrons. The molecule has 0 saturated carbocycles. The minimum absolute atomic E-state index is 0.185. The summed E-state index contributed by atoms with van der Waals surface area (Å²) in [4.78, 5) is 22.2. The molecule has 0 saturated heterocycles. The van der Waals surface area contributed by atoms with Gasteiger partial charge in [-0.1, -0.05) is 0 Å². The van der Waals surface area contributed by atoms with Crippen molar-refractivity contribution in [3.63, 3.8) is 0 Å². The van der Waals surface area contributed by atoms with E-state index in [1.807, 2.05) is 43.6 Å². The zero-order valence-corrected chi connectivity index (χ0v) is 12.3. The van der Waals surface area contributed by atoms with Gasteiger partial charge in [-0.3, -0.25) is 10.1 Å². The number of hydrogen-bond donors (Lipinski definition) is 1. The Morgan fingerprint density at radius 2 is 2.10 bits per heavy atom. The van der Waals surface area contributed by atoms with Crippen LogP contribution in [0.1, 0.15) is 26.6 Å². The van der Waals surface area contributed by atoms with Gasteiger partial charge in [0.1, 0.15) is 5.65 Å². The third-order valence-electron chi connectivity index (χ3n) is 3.10. The number of anilines is 1. The molecule has 3 heterocycles. The molecule has 3 aromatic heterocycles. The van der Waals surface area contributed by atoms with Crippen LogP contribution in [0.25, 0.3) is 5.65 Å². The second-order valence-electron chi connectivity index (χ2n) is 4.65. The molecule has 0 unspecified atom stereocenters. The minimum atomic E-state index is -0.185. The second kappa shape index (κ2) is 4.72. The molecule has 102 valence electrons. The average molecular weight is 286 g/mol. The highest BCUT2D eigenvalue weighted by atomic mass is 32.1. The summed E-state index contributed by atoms with van der Waals surface area (Å²) in [5.74, 6) is -0.185. The van der Waals surface area contributed by atoms with Crippen LogP contribution >= 0.6 is 11.3 Å². The summed E-state index contributed by atoms with van der Waals surface area (Å²) < 4.78 is 1.85. The number of nitrogens with one attached hydrogen (secondary N) is 1. The van der Waals surface area contributed by atoms with Gasteiger partial charge in [0.15, 0.2) is 5.13 Å². The van der Waals surface area contributed by atoms with Crippen molar-refractivity contribution < 1.29 is 4.79 Å². The van der Waals surface area contributed by atoms with E-state index in [-0.39, 0.29) is 5.91 Å². The number of aromatic nitrogens is 3. The number of imidazole rings is 1. The first-order valence-corrected chi connectivity index (χ1v) is 7.06. The fraction of sp³-hybridized carbons (Fsp3) is 0.214. The first-order valence-electron chi connectivity index (χ1n) is 6.24. The number of rotatable bonds is 2. The fourth-order valence-electron chi connectivity index (χ4n) is 2.00. The Morgan fingerprint density at radius 3 is 2.80 bits per heavy atom. The molecular formula is C14H14N4OS. The van der Waals surface area contributed by atoms with Gasteiger partial charge < -0.3 is 4.40 Å². The highest BCUT2D eigenvalue weighted by Gasteiger charge is 2.14. The summed E-state index contributed by atoms with van der Waals surface area (Å²) in [6.07, 6.45) is 3.77. The number of pyridine rings is 1. The topological polar surface area (TPSA) is 59.3 Å². The SMILES string of the molecule is Cc1cn2cccc(C(=O)Nc3nc(C)c(C)s3)c2n1. The van der Waals surface area contributed by atoms with Crippen molar-refractivity contribution in [3.8, 4) is 0 Å². The molecule has 6 heteroatoms. The van der Waals surface area contributed by atoms with Gasteiger partial charge in [0.05, 0.1) is 17.0 Å². The highest BCUT2D eigenvalue weighted by molar-refractivity contribution is 7.15. The van der Waals surface area contributed by atoms with Gasteiger partial charge in [0.2, 0.25) is 0 Å². The van der Waals surface area contributed by atoms with Crippen LogP contribution in [0.15, 0.2) is 24.5 Å². The summed E-state index contributed by atoms with van der Waals surface area (Å²) in [5.41, 5.74) is 3.03. The Balaban J connectivity index is 1.96. The Morgan fingerprint density at radius 1 is 1.30 bits per heavy atom. The van der Waals surface area contributed by atoms with Gasteiger partial charge in [-0.25, -0.2) is 9.97 Å². The van der Waals surface area contributed by atoms with Gasteiger partial charge in [-0.15, -0.1) is 11.3 Å². The molecular weight excluding hydrogens is 272 g/mol. The Bertz CT molecular complexity index is 783. The molecule has 0 aliphatic carbocycles. The van der Waals surface area contributed by atoms with Crippen molar-refractivity contribution in [3.05, 3.63) is 46.4 Å². The summed E-state index contributed by atoms with van der Waals surface area (Å²) in [6.45, 7) is 5.82. The third kappa shape index (κ3) is 2.18. The molecule has 20 heavy (non-hydrogen) atoms. The molecule has 0 fully saturated rings. The molecule has 3 aromatic rings. The molecule has 0 bridgehead atoms. The zero-order chi connectivity index (χ0) is 14.3. The standard InChI is InChI=1S/C14H14N4OS/c1-8-7-18-6-4-5-11(12(18)15-8)13(19)17-14-16-9(2)10(3)20-14/h4-7H,1-3H3,(H,16,17,19). The maximum Gasteiger partial charge on any atom is 0.261 e. The highest BCUT2D eigenvalue weighted by Crippen LogP contribution is 2.22. The van der Waals surface area contributed by atoms with Crippen molar-refractivity contribution in [1.29, 1.82) is 0 Å². The molecule has 0 aliphatic heterocycles. The Hall–Kier alpha value is -2.21. The van der Waals surface area contributed by atoms with Crippen molar-refractivity contribution in [1.82, 2.24) is 14.4 Å². The predicted molar refractivity (Wildman–Crippen MR) is 79.5 cm³/mol. The number of carbonyl (C=O) groups excluding carboxylic acids is 1. The normalized spacial score (nSPS) is 10.9. The Kier molecular flexibility index (Phi) is 3.02.